The Morgan fingerprint density at radius 2 is 1.68 bits per heavy atom. The van der Waals surface area contributed by atoms with Crippen molar-refractivity contribution in [1.82, 2.24) is 10.3 Å². The number of hydrogen-bond donors (Lipinski definition) is 1. The first-order valence-corrected chi connectivity index (χ1v) is 10.9. The van der Waals surface area contributed by atoms with Crippen molar-refractivity contribution in [3.8, 4) is 11.3 Å². The number of nitrogens with zero attached hydrogens (tertiary/aromatic N) is 1. The van der Waals surface area contributed by atoms with Gasteiger partial charge in [0, 0.05) is 5.56 Å². The van der Waals surface area contributed by atoms with Crippen molar-refractivity contribution in [2.24, 2.45) is 0 Å². The molecule has 6 nitrogen and oxygen atoms in total. The summed E-state index contributed by atoms with van der Waals surface area (Å²) in [6.07, 6.45) is 2.73. The summed E-state index contributed by atoms with van der Waals surface area (Å²) in [6.45, 7) is 0.0468. The van der Waals surface area contributed by atoms with Gasteiger partial charge in [-0.25, -0.2) is 13.4 Å². The van der Waals surface area contributed by atoms with E-state index in [-0.39, 0.29) is 12.3 Å². The van der Waals surface area contributed by atoms with Gasteiger partial charge in [-0.2, -0.15) is 0 Å². The molecule has 0 aliphatic rings. The largest absolute Gasteiger partial charge is 0.439 e. The summed E-state index contributed by atoms with van der Waals surface area (Å²) in [5, 5.41) is 2.55. The second kappa shape index (κ2) is 9.32. The summed E-state index contributed by atoms with van der Waals surface area (Å²) >= 11 is 0. The maximum absolute atomic E-state index is 12.1. The minimum Gasteiger partial charge on any atom is -0.439 e. The Labute approximate surface area is 164 Å². The van der Waals surface area contributed by atoms with Crippen molar-refractivity contribution in [3.05, 3.63) is 78.3 Å². The molecule has 1 N–H and O–H groups in total. The third-order valence-corrected chi connectivity index (χ3v) is 5.78. The van der Waals surface area contributed by atoms with Crippen molar-refractivity contribution in [3.63, 3.8) is 0 Å². The molecule has 146 valence electrons. The number of oxazole rings is 1. The van der Waals surface area contributed by atoms with Crippen LogP contribution in [0.25, 0.3) is 11.3 Å². The first kappa shape index (κ1) is 19.8. The molecular formula is C21H22N2O4S. The van der Waals surface area contributed by atoms with E-state index < -0.39 is 21.5 Å². The fourth-order valence-corrected chi connectivity index (χ4v) is 4.00. The maximum atomic E-state index is 12.1. The third-order valence-electron chi connectivity index (χ3n) is 4.16. The lowest BCUT2D eigenvalue weighted by atomic mass is 10.1. The van der Waals surface area contributed by atoms with Gasteiger partial charge in [0.2, 0.25) is 11.8 Å². The normalized spacial score (nSPS) is 11.3. The highest BCUT2D eigenvalue weighted by molar-refractivity contribution is 7.92. The molecule has 0 aliphatic carbocycles. The van der Waals surface area contributed by atoms with Gasteiger partial charge in [0.1, 0.15) is 5.75 Å². The highest BCUT2D eigenvalue weighted by Gasteiger charge is 2.17. The quantitative estimate of drug-likeness (QED) is 0.598. The van der Waals surface area contributed by atoms with E-state index in [1.54, 1.807) is 6.20 Å². The van der Waals surface area contributed by atoms with Crippen LogP contribution in [0.2, 0.25) is 0 Å². The smallest absolute Gasteiger partial charge is 0.235 e. The van der Waals surface area contributed by atoms with Crippen molar-refractivity contribution < 1.29 is 17.6 Å². The van der Waals surface area contributed by atoms with E-state index in [9.17, 15) is 13.2 Å². The lowest BCUT2D eigenvalue weighted by Crippen LogP contribution is -2.31. The van der Waals surface area contributed by atoms with E-state index in [0.29, 0.717) is 24.5 Å². The molecule has 28 heavy (non-hydrogen) atoms. The summed E-state index contributed by atoms with van der Waals surface area (Å²) in [6, 6.07) is 19.1. The summed E-state index contributed by atoms with van der Waals surface area (Å²) < 4.78 is 29.9. The Hall–Kier alpha value is -2.93. The number of hydrogen-bond acceptors (Lipinski definition) is 5. The van der Waals surface area contributed by atoms with Gasteiger partial charge < -0.3 is 9.73 Å². The molecule has 3 rings (SSSR count). The van der Waals surface area contributed by atoms with Gasteiger partial charge >= 0.3 is 0 Å². The van der Waals surface area contributed by atoms with Gasteiger partial charge in [0.05, 0.1) is 18.5 Å². The monoisotopic (exact) mass is 398 g/mol. The number of aryl methyl sites for hydroxylation is 1. The highest BCUT2D eigenvalue weighted by atomic mass is 32.2. The Morgan fingerprint density at radius 3 is 2.39 bits per heavy atom. The van der Waals surface area contributed by atoms with Gasteiger partial charge in [0.15, 0.2) is 15.6 Å². The van der Waals surface area contributed by atoms with Crippen LogP contribution in [0.4, 0.5) is 0 Å². The van der Waals surface area contributed by atoms with Crippen LogP contribution < -0.4 is 5.32 Å². The number of carbonyl (C=O) groups excluding carboxylic acids is 1. The van der Waals surface area contributed by atoms with Gasteiger partial charge in [-0.05, 0) is 18.4 Å². The molecule has 0 aliphatic heterocycles. The fraction of sp³-hybridized carbons (Fsp3) is 0.238. The van der Waals surface area contributed by atoms with E-state index >= 15 is 0 Å². The van der Waals surface area contributed by atoms with Crippen LogP contribution in [0.1, 0.15) is 17.9 Å². The van der Waals surface area contributed by atoms with Crippen LogP contribution >= 0.6 is 0 Å². The van der Waals surface area contributed by atoms with Crippen LogP contribution in [0, 0.1) is 0 Å². The number of amides is 1. The lowest BCUT2D eigenvalue weighted by Gasteiger charge is -2.05. The van der Waals surface area contributed by atoms with E-state index in [1.807, 2.05) is 60.7 Å². The SMILES string of the molecule is O=C(CS(=O)(=O)CCCc1ccccc1)NCc1ncc(-c2ccccc2)o1. The molecule has 7 heteroatoms. The molecule has 3 aromatic rings. The minimum absolute atomic E-state index is 0.0214. The number of aromatic nitrogens is 1. The molecule has 0 spiro atoms. The predicted octanol–water partition coefficient (Wildman–Crippen LogP) is 3.01. The Bertz CT molecular complexity index is 999. The first-order valence-electron chi connectivity index (χ1n) is 9.03. The number of sulfone groups is 1. The standard InChI is InChI=1S/C21H22N2O4S/c24-20(16-28(25,26)13-7-10-17-8-3-1-4-9-17)22-15-21-23-14-19(27-21)18-11-5-2-6-12-18/h1-6,8-9,11-12,14H,7,10,13,15-16H2,(H,22,24). The molecule has 1 amide bonds. The van der Waals surface area contributed by atoms with Gasteiger partial charge in [-0.3, -0.25) is 4.79 Å². The Morgan fingerprint density at radius 1 is 1.00 bits per heavy atom. The molecular weight excluding hydrogens is 376 g/mol. The van der Waals surface area contributed by atoms with E-state index in [0.717, 1.165) is 11.1 Å². The van der Waals surface area contributed by atoms with Crippen LogP contribution in [0.3, 0.4) is 0 Å². The molecule has 0 saturated carbocycles. The predicted molar refractivity (Wildman–Crippen MR) is 107 cm³/mol. The maximum Gasteiger partial charge on any atom is 0.235 e. The average Bonchev–Trinajstić information content (AvgIpc) is 3.16. The molecule has 0 bridgehead atoms. The summed E-state index contributed by atoms with van der Waals surface area (Å²) in [4.78, 5) is 16.1. The number of nitrogens with one attached hydrogen (secondary N) is 1. The van der Waals surface area contributed by atoms with E-state index in [1.165, 1.54) is 0 Å². The molecule has 1 heterocycles. The third kappa shape index (κ3) is 6.06. The zero-order valence-electron chi connectivity index (χ0n) is 15.4. The topological polar surface area (TPSA) is 89.3 Å². The second-order valence-electron chi connectivity index (χ2n) is 6.44. The number of rotatable bonds is 9. The lowest BCUT2D eigenvalue weighted by molar-refractivity contribution is -0.118. The fourth-order valence-electron chi connectivity index (χ4n) is 2.77. The highest BCUT2D eigenvalue weighted by Crippen LogP contribution is 2.19. The van der Waals surface area contributed by atoms with Gasteiger partial charge in [-0.1, -0.05) is 60.7 Å². The number of benzene rings is 2. The van der Waals surface area contributed by atoms with Crippen LogP contribution in [0.15, 0.2) is 71.3 Å². The Balaban J connectivity index is 1.44. The summed E-state index contributed by atoms with van der Waals surface area (Å²) in [5.74, 6) is -0.188. The zero-order chi connectivity index (χ0) is 19.8. The molecule has 0 atom stereocenters. The van der Waals surface area contributed by atoms with Gasteiger partial charge in [-0.15, -0.1) is 0 Å². The molecule has 0 fully saturated rings. The molecule has 0 unspecified atom stereocenters. The van der Waals surface area contributed by atoms with Crippen LogP contribution in [-0.4, -0.2) is 30.8 Å². The molecule has 1 aromatic heterocycles. The number of carbonyl (C=O) groups is 1. The first-order chi connectivity index (χ1) is 13.5. The van der Waals surface area contributed by atoms with Crippen molar-refractivity contribution >= 4 is 15.7 Å². The van der Waals surface area contributed by atoms with E-state index in [2.05, 4.69) is 10.3 Å². The average molecular weight is 398 g/mol. The summed E-state index contributed by atoms with van der Waals surface area (Å²) in [7, 11) is -3.46. The Kier molecular flexibility index (Phi) is 6.60. The van der Waals surface area contributed by atoms with Crippen molar-refractivity contribution in [2.45, 2.75) is 19.4 Å². The minimum atomic E-state index is -3.46. The second-order valence-corrected chi connectivity index (χ2v) is 8.63. The van der Waals surface area contributed by atoms with E-state index in [4.69, 9.17) is 4.42 Å². The van der Waals surface area contributed by atoms with Gasteiger partial charge in [0.25, 0.3) is 0 Å². The summed E-state index contributed by atoms with van der Waals surface area (Å²) in [5.41, 5.74) is 1.97. The van der Waals surface area contributed by atoms with Crippen LogP contribution in [0.5, 0.6) is 0 Å². The molecule has 0 radical (unpaired) electrons. The molecule has 0 saturated heterocycles. The van der Waals surface area contributed by atoms with Crippen molar-refractivity contribution in [1.29, 1.82) is 0 Å². The zero-order valence-corrected chi connectivity index (χ0v) is 16.2. The van der Waals surface area contributed by atoms with Crippen LogP contribution in [-0.2, 0) is 27.6 Å². The van der Waals surface area contributed by atoms with Crippen molar-refractivity contribution in [2.75, 3.05) is 11.5 Å². The molecule has 2 aromatic carbocycles.